The van der Waals surface area contributed by atoms with E-state index in [0.29, 0.717) is 0 Å². The highest BCUT2D eigenvalue weighted by Crippen LogP contribution is 2.22. The van der Waals surface area contributed by atoms with Gasteiger partial charge in [-0.15, -0.1) is 11.3 Å². The summed E-state index contributed by atoms with van der Waals surface area (Å²) in [6.07, 6.45) is 7.97. The number of nitrogens with one attached hydrogen (secondary N) is 1. The van der Waals surface area contributed by atoms with Crippen molar-refractivity contribution >= 4 is 11.3 Å². The fourth-order valence-electron chi connectivity index (χ4n) is 2.23. The fourth-order valence-corrected chi connectivity index (χ4v) is 3.25. The van der Waals surface area contributed by atoms with E-state index in [-0.39, 0.29) is 0 Å². The van der Waals surface area contributed by atoms with Gasteiger partial charge in [0.15, 0.2) is 0 Å². The minimum Gasteiger partial charge on any atom is -0.377 e. The Morgan fingerprint density at radius 1 is 1.10 bits per heavy atom. The van der Waals surface area contributed by atoms with Gasteiger partial charge in [0.25, 0.3) is 0 Å². The van der Waals surface area contributed by atoms with E-state index < -0.39 is 0 Å². The molecule has 0 bridgehead atoms. The Morgan fingerprint density at radius 2 is 1.85 bits per heavy atom. The average molecular weight is 298 g/mol. The van der Waals surface area contributed by atoms with Crippen LogP contribution in [0.2, 0.25) is 0 Å². The van der Waals surface area contributed by atoms with Crippen molar-refractivity contribution < 1.29 is 4.74 Å². The Morgan fingerprint density at radius 3 is 2.60 bits per heavy atom. The molecule has 3 heteroatoms. The molecule has 0 aliphatic heterocycles. The molecule has 0 aliphatic carbocycles. The van der Waals surface area contributed by atoms with Crippen LogP contribution in [0.3, 0.4) is 0 Å². The SMILES string of the molecule is CCCCCCCCOCc1cc(CNCC)sc1C. The molecule has 1 heterocycles. The highest BCUT2D eigenvalue weighted by Gasteiger charge is 2.05. The van der Waals surface area contributed by atoms with Crippen LogP contribution in [0, 0.1) is 6.92 Å². The van der Waals surface area contributed by atoms with Crippen LogP contribution in [0.15, 0.2) is 6.07 Å². The summed E-state index contributed by atoms with van der Waals surface area (Å²) in [6, 6.07) is 2.30. The van der Waals surface area contributed by atoms with Gasteiger partial charge in [-0.05, 0) is 31.5 Å². The molecule has 1 rings (SSSR count). The highest BCUT2D eigenvalue weighted by molar-refractivity contribution is 7.12. The molecule has 0 saturated heterocycles. The van der Waals surface area contributed by atoms with Crippen molar-refractivity contribution in [1.29, 1.82) is 0 Å². The number of rotatable bonds is 12. The molecule has 0 saturated carbocycles. The Kier molecular flexibility index (Phi) is 9.98. The molecule has 2 nitrogen and oxygen atoms in total. The van der Waals surface area contributed by atoms with Crippen molar-refractivity contribution in [3.05, 3.63) is 21.4 Å². The molecule has 0 radical (unpaired) electrons. The Hall–Kier alpha value is -0.380. The van der Waals surface area contributed by atoms with E-state index in [9.17, 15) is 0 Å². The zero-order valence-corrected chi connectivity index (χ0v) is 14.3. The second-order valence-electron chi connectivity index (χ2n) is 5.39. The molecular weight excluding hydrogens is 266 g/mol. The molecule has 20 heavy (non-hydrogen) atoms. The monoisotopic (exact) mass is 297 g/mol. The van der Waals surface area contributed by atoms with Crippen molar-refractivity contribution in [2.75, 3.05) is 13.2 Å². The van der Waals surface area contributed by atoms with Crippen molar-refractivity contribution in [3.63, 3.8) is 0 Å². The van der Waals surface area contributed by atoms with Gasteiger partial charge in [-0.25, -0.2) is 0 Å². The molecular formula is C17H31NOS. The van der Waals surface area contributed by atoms with E-state index in [2.05, 4.69) is 32.2 Å². The van der Waals surface area contributed by atoms with Gasteiger partial charge in [-0.2, -0.15) is 0 Å². The molecule has 0 amide bonds. The van der Waals surface area contributed by atoms with Crippen LogP contribution in [-0.2, 0) is 17.9 Å². The second-order valence-corrected chi connectivity index (χ2v) is 6.74. The van der Waals surface area contributed by atoms with Gasteiger partial charge in [-0.1, -0.05) is 46.0 Å². The number of unbranched alkanes of at least 4 members (excludes halogenated alkanes) is 5. The molecule has 0 spiro atoms. The summed E-state index contributed by atoms with van der Waals surface area (Å²) in [5.74, 6) is 0. The molecule has 0 aromatic carbocycles. The third-order valence-corrected chi connectivity index (χ3v) is 4.61. The first-order valence-electron chi connectivity index (χ1n) is 8.14. The van der Waals surface area contributed by atoms with Crippen molar-refractivity contribution in [3.8, 4) is 0 Å². The predicted octanol–water partition coefficient (Wildman–Crippen LogP) is 5.04. The van der Waals surface area contributed by atoms with Crippen LogP contribution in [0.1, 0.15) is 67.7 Å². The quantitative estimate of drug-likeness (QED) is 0.545. The van der Waals surface area contributed by atoms with Crippen molar-refractivity contribution in [2.24, 2.45) is 0 Å². The Bertz CT molecular complexity index is 349. The number of ether oxygens (including phenoxy) is 1. The van der Waals surface area contributed by atoms with Crippen LogP contribution in [0.25, 0.3) is 0 Å². The Labute approximate surface area is 128 Å². The lowest BCUT2D eigenvalue weighted by Gasteiger charge is -2.04. The molecule has 0 fully saturated rings. The van der Waals surface area contributed by atoms with Gasteiger partial charge in [0.05, 0.1) is 6.61 Å². The summed E-state index contributed by atoms with van der Waals surface area (Å²) >= 11 is 1.89. The van der Waals surface area contributed by atoms with E-state index >= 15 is 0 Å². The Balaban J connectivity index is 2.10. The first-order chi connectivity index (χ1) is 9.77. The maximum Gasteiger partial charge on any atom is 0.0727 e. The predicted molar refractivity (Wildman–Crippen MR) is 89.5 cm³/mol. The van der Waals surface area contributed by atoms with Gasteiger partial charge >= 0.3 is 0 Å². The van der Waals surface area contributed by atoms with Gasteiger partial charge in [0, 0.05) is 22.9 Å². The smallest absolute Gasteiger partial charge is 0.0727 e. The molecule has 0 aliphatic rings. The van der Waals surface area contributed by atoms with E-state index in [0.717, 1.165) is 26.3 Å². The highest BCUT2D eigenvalue weighted by atomic mass is 32.1. The van der Waals surface area contributed by atoms with Gasteiger partial charge in [-0.3, -0.25) is 0 Å². The maximum atomic E-state index is 5.81. The van der Waals surface area contributed by atoms with E-state index in [1.165, 1.54) is 53.8 Å². The third-order valence-electron chi connectivity index (χ3n) is 3.52. The molecule has 1 aromatic rings. The zero-order chi connectivity index (χ0) is 14.6. The number of hydrogen-bond donors (Lipinski definition) is 1. The molecule has 116 valence electrons. The standard InChI is InChI=1S/C17H31NOS/c1-4-6-7-8-9-10-11-19-14-16-12-17(13-18-5-2)20-15(16)3/h12,18H,4-11,13-14H2,1-3H3. The first kappa shape index (κ1) is 17.7. The third kappa shape index (κ3) is 7.41. The molecule has 0 atom stereocenters. The van der Waals surface area contributed by atoms with E-state index in [1.807, 2.05) is 11.3 Å². The summed E-state index contributed by atoms with van der Waals surface area (Å²) < 4.78 is 5.81. The zero-order valence-electron chi connectivity index (χ0n) is 13.5. The lowest BCUT2D eigenvalue weighted by molar-refractivity contribution is 0.116. The number of hydrogen-bond acceptors (Lipinski definition) is 3. The lowest BCUT2D eigenvalue weighted by Crippen LogP contribution is -2.10. The average Bonchev–Trinajstić information content (AvgIpc) is 2.80. The summed E-state index contributed by atoms with van der Waals surface area (Å²) in [7, 11) is 0. The van der Waals surface area contributed by atoms with Crippen LogP contribution < -0.4 is 5.32 Å². The minimum atomic E-state index is 0.781. The number of thiophene rings is 1. The first-order valence-corrected chi connectivity index (χ1v) is 8.96. The largest absolute Gasteiger partial charge is 0.377 e. The van der Waals surface area contributed by atoms with E-state index in [1.54, 1.807) is 0 Å². The summed E-state index contributed by atoms with van der Waals surface area (Å²) in [4.78, 5) is 2.82. The molecule has 1 aromatic heterocycles. The lowest BCUT2D eigenvalue weighted by atomic mass is 10.1. The maximum absolute atomic E-state index is 5.81. The topological polar surface area (TPSA) is 21.3 Å². The molecule has 1 N–H and O–H groups in total. The summed E-state index contributed by atoms with van der Waals surface area (Å²) in [6.45, 7) is 10.3. The molecule has 0 unspecified atom stereocenters. The van der Waals surface area contributed by atoms with Gasteiger partial charge < -0.3 is 10.1 Å². The van der Waals surface area contributed by atoms with Crippen molar-refractivity contribution in [1.82, 2.24) is 5.32 Å². The summed E-state index contributed by atoms with van der Waals surface area (Å²) in [5.41, 5.74) is 1.37. The fraction of sp³-hybridized carbons (Fsp3) is 0.765. The van der Waals surface area contributed by atoms with Crippen LogP contribution in [0.5, 0.6) is 0 Å². The minimum absolute atomic E-state index is 0.781. The van der Waals surface area contributed by atoms with Crippen molar-refractivity contribution in [2.45, 2.75) is 72.4 Å². The number of aryl methyl sites for hydroxylation is 1. The van der Waals surface area contributed by atoms with Gasteiger partial charge in [0.1, 0.15) is 0 Å². The van der Waals surface area contributed by atoms with E-state index in [4.69, 9.17) is 4.74 Å². The van der Waals surface area contributed by atoms with Crippen LogP contribution in [0.4, 0.5) is 0 Å². The normalized spacial score (nSPS) is 11.2. The summed E-state index contributed by atoms with van der Waals surface area (Å²) in [5, 5.41) is 3.38. The van der Waals surface area contributed by atoms with Gasteiger partial charge in [0.2, 0.25) is 0 Å². The second kappa shape index (κ2) is 11.3. The van der Waals surface area contributed by atoms with Crippen LogP contribution in [-0.4, -0.2) is 13.2 Å². The van der Waals surface area contributed by atoms with Crippen LogP contribution >= 0.6 is 11.3 Å².